The highest BCUT2D eigenvalue weighted by atomic mass is 16.2. The lowest BCUT2D eigenvalue weighted by Crippen LogP contribution is -2.28. The molecule has 1 atom stereocenters. The van der Waals surface area contributed by atoms with Crippen LogP contribution in [0.5, 0.6) is 0 Å². The Labute approximate surface area is 105 Å². The number of hydrogen-bond donors (Lipinski definition) is 2. The van der Waals surface area contributed by atoms with E-state index in [0.717, 1.165) is 16.5 Å². The Morgan fingerprint density at radius 3 is 2.56 bits per heavy atom. The maximum absolute atomic E-state index is 11.9. The fraction of sp³-hybridized carbons (Fsp3) is 0.214. The van der Waals surface area contributed by atoms with Crippen LogP contribution in [0, 0.1) is 0 Å². The minimum Gasteiger partial charge on any atom is -0.398 e. The van der Waals surface area contributed by atoms with Gasteiger partial charge in [0, 0.05) is 30.1 Å². The maximum atomic E-state index is 11.9. The Bertz CT molecular complexity index is 618. The summed E-state index contributed by atoms with van der Waals surface area (Å²) in [6.07, 6.45) is 0.406. The summed E-state index contributed by atoms with van der Waals surface area (Å²) in [6.45, 7) is 0.562. The van der Waals surface area contributed by atoms with E-state index in [9.17, 15) is 4.79 Å². The van der Waals surface area contributed by atoms with Crippen molar-refractivity contribution in [3.63, 3.8) is 0 Å². The van der Waals surface area contributed by atoms with Gasteiger partial charge in [0.05, 0.1) is 5.69 Å². The van der Waals surface area contributed by atoms with Crippen molar-refractivity contribution in [2.45, 2.75) is 12.5 Å². The molecule has 1 heterocycles. The van der Waals surface area contributed by atoms with Crippen molar-refractivity contribution in [1.29, 1.82) is 0 Å². The number of benzene rings is 2. The van der Waals surface area contributed by atoms with Gasteiger partial charge in [0.2, 0.25) is 5.91 Å². The molecule has 0 spiro atoms. The normalized spacial score (nSPS) is 19.7. The number of nitrogen functional groups attached to an aromatic ring is 1. The third-order valence-electron chi connectivity index (χ3n) is 3.36. The molecule has 4 heteroatoms. The molecule has 0 radical (unpaired) electrons. The topological polar surface area (TPSA) is 72.3 Å². The van der Waals surface area contributed by atoms with Crippen LogP contribution in [0.1, 0.15) is 6.42 Å². The SMILES string of the molecule is Nc1cccc2cccc(N3CC(N)CC3=O)c12. The van der Waals surface area contributed by atoms with Gasteiger partial charge in [0.15, 0.2) is 0 Å². The number of fused-ring (bicyclic) bond motifs is 1. The zero-order valence-corrected chi connectivity index (χ0v) is 9.97. The number of hydrogen-bond acceptors (Lipinski definition) is 3. The van der Waals surface area contributed by atoms with Crippen LogP contribution in [0.4, 0.5) is 11.4 Å². The van der Waals surface area contributed by atoms with Crippen molar-refractivity contribution in [2.24, 2.45) is 5.73 Å². The molecule has 92 valence electrons. The molecule has 1 fully saturated rings. The van der Waals surface area contributed by atoms with Gasteiger partial charge in [-0.2, -0.15) is 0 Å². The van der Waals surface area contributed by atoms with Crippen molar-refractivity contribution in [3.05, 3.63) is 36.4 Å². The van der Waals surface area contributed by atoms with E-state index in [2.05, 4.69) is 0 Å². The first-order valence-corrected chi connectivity index (χ1v) is 6.00. The average Bonchev–Trinajstić information content (AvgIpc) is 2.68. The number of nitrogens with zero attached hydrogens (tertiary/aromatic N) is 1. The minimum atomic E-state index is -0.0855. The highest BCUT2D eigenvalue weighted by Crippen LogP contribution is 2.33. The zero-order valence-electron chi connectivity index (χ0n) is 9.97. The Balaban J connectivity index is 2.20. The van der Waals surface area contributed by atoms with E-state index in [4.69, 9.17) is 11.5 Å². The Hall–Kier alpha value is -2.07. The Morgan fingerprint density at radius 1 is 1.17 bits per heavy atom. The minimum absolute atomic E-state index is 0.0678. The number of nitrogens with two attached hydrogens (primary N) is 2. The molecule has 1 unspecified atom stereocenters. The molecule has 0 aliphatic carbocycles. The monoisotopic (exact) mass is 241 g/mol. The maximum Gasteiger partial charge on any atom is 0.228 e. The zero-order chi connectivity index (χ0) is 12.7. The number of amides is 1. The van der Waals surface area contributed by atoms with Crippen LogP contribution in [-0.2, 0) is 4.79 Å². The molecular formula is C14H15N3O. The van der Waals surface area contributed by atoms with Gasteiger partial charge in [0.25, 0.3) is 0 Å². The van der Waals surface area contributed by atoms with Crippen LogP contribution < -0.4 is 16.4 Å². The largest absolute Gasteiger partial charge is 0.398 e. The third-order valence-corrected chi connectivity index (χ3v) is 3.36. The highest BCUT2D eigenvalue weighted by molar-refractivity contribution is 6.09. The molecule has 2 aromatic rings. The second-order valence-electron chi connectivity index (χ2n) is 4.69. The summed E-state index contributed by atoms with van der Waals surface area (Å²) >= 11 is 0. The fourth-order valence-electron chi connectivity index (χ4n) is 2.54. The molecule has 1 aliphatic rings. The summed E-state index contributed by atoms with van der Waals surface area (Å²) < 4.78 is 0. The van der Waals surface area contributed by atoms with E-state index in [1.165, 1.54) is 0 Å². The van der Waals surface area contributed by atoms with Crippen LogP contribution in [0.3, 0.4) is 0 Å². The van der Waals surface area contributed by atoms with Gasteiger partial charge in [-0.3, -0.25) is 4.79 Å². The lowest BCUT2D eigenvalue weighted by atomic mass is 10.1. The molecule has 0 saturated carbocycles. The number of carbonyl (C=O) groups excluding carboxylic acids is 1. The number of carbonyl (C=O) groups is 1. The van der Waals surface area contributed by atoms with E-state index in [1.54, 1.807) is 4.90 Å². The van der Waals surface area contributed by atoms with Gasteiger partial charge < -0.3 is 16.4 Å². The molecule has 0 bridgehead atoms. The molecule has 3 rings (SSSR count). The Morgan fingerprint density at radius 2 is 1.89 bits per heavy atom. The predicted octanol–water partition coefficient (Wildman–Crippen LogP) is 1.49. The smallest absolute Gasteiger partial charge is 0.228 e. The molecule has 4 nitrogen and oxygen atoms in total. The summed E-state index contributed by atoms with van der Waals surface area (Å²) in [5.74, 6) is 0.0678. The molecule has 1 saturated heterocycles. The van der Waals surface area contributed by atoms with Gasteiger partial charge in [-0.1, -0.05) is 24.3 Å². The first kappa shape index (κ1) is 11.0. The summed E-state index contributed by atoms with van der Waals surface area (Å²) in [6, 6.07) is 11.5. The Kier molecular flexibility index (Phi) is 2.45. The average molecular weight is 241 g/mol. The van der Waals surface area contributed by atoms with E-state index in [0.29, 0.717) is 18.7 Å². The van der Waals surface area contributed by atoms with Gasteiger partial charge in [-0.05, 0) is 17.5 Å². The van der Waals surface area contributed by atoms with Crippen molar-refractivity contribution in [1.82, 2.24) is 0 Å². The third kappa shape index (κ3) is 1.62. The van der Waals surface area contributed by atoms with Crippen LogP contribution in [0.2, 0.25) is 0 Å². The summed E-state index contributed by atoms with van der Waals surface area (Å²) in [5.41, 5.74) is 13.4. The number of anilines is 2. The quantitative estimate of drug-likeness (QED) is 0.743. The van der Waals surface area contributed by atoms with Gasteiger partial charge in [0.1, 0.15) is 0 Å². The van der Waals surface area contributed by atoms with E-state index >= 15 is 0 Å². The lowest BCUT2D eigenvalue weighted by Gasteiger charge is -2.19. The van der Waals surface area contributed by atoms with E-state index in [-0.39, 0.29) is 11.9 Å². The summed E-state index contributed by atoms with van der Waals surface area (Å²) in [7, 11) is 0. The van der Waals surface area contributed by atoms with E-state index in [1.807, 2.05) is 36.4 Å². The lowest BCUT2D eigenvalue weighted by molar-refractivity contribution is -0.117. The van der Waals surface area contributed by atoms with Gasteiger partial charge in [-0.25, -0.2) is 0 Å². The summed E-state index contributed by atoms with van der Waals surface area (Å²) in [4.78, 5) is 13.7. The van der Waals surface area contributed by atoms with Crippen LogP contribution >= 0.6 is 0 Å². The summed E-state index contributed by atoms with van der Waals surface area (Å²) in [5, 5.41) is 1.98. The molecule has 1 aliphatic heterocycles. The van der Waals surface area contributed by atoms with Gasteiger partial charge in [-0.15, -0.1) is 0 Å². The molecular weight excluding hydrogens is 226 g/mol. The first-order chi connectivity index (χ1) is 8.66. The van der Waals surface area contributed by atoms with Crippen LogP contribution in [-0.4, -0.2) is 18.5 Å². The fourth-order valence-corrected chi connectivity index (χ4v) is 2.54. The van der Waals surface area contributed by atoms with Crippen molar-refractivity contribution in [2.75, 3.05) is 17.2 Å². The van der Waals surface area contributed by atoms with Crippen molar-refractivity contribution >= 4 is 28.1 Å². The standard InChI is InChI=1S/C14H15N3O/c15-10-7-13(18)17(8-10)12-6-2-4-9-3-1-5-11(16)14(9)12/h1-6,10H,7-8,15-16H2. The second kappa shape index (κ2) is 3.99. The molecule has 18 heavy (non-hydrogen) atoms. The highest BCUT2D eigenvalue weighted by Gasteiger charge is 2.29. The molecule has 2 aromatic carbocycles. The first-order valence-electron chi connectivity index (χ1n) is 6.00. The predicted molar refractivity (Wildman–Crippen MR) is 73.3 cm³/mol. The molecule has 0 aromatic heterocycles. The number of rotatable bonds is 1. The molecule has 4 N–H and O–H groups in total. The van der Waals surface area contributed by atoms with Crippen molar-refractivity contribution < 1.29 is 4.79 Å². The van der Waals surface area contributed by atoms with E-state index < -0.39 is 0 Å². The van der Waals surface area contributed by atoms with Crippen LogP contribution in [0.25, 0.3) is 10.8 Å². The molecule has 1 amide bonds. The van der Waals surface area contributed by atoms with Crippen LogP contribution in [0.15, 0.2) is 36.4 Å². The van der Waals surface area contributed by atoms with Crippen molar-refractivity contribution in [3.8, 4) is 0 Å². The second-order valence-corrected chi connectivity index (χ2v) is 4.69. The van der Waals surface area contributed by atoms with Gasteiger partial charge >= 0.3 is 0 Å².